The first-order chi connectivity index (χ1) is 15.5. The highest BCUT2D eigenvalue weighted by molar-refractivity contribution is 5.92. The second-order valence-electron chi connectivity index (χ2n) is 7.05. The summed E-state index contributed by atoms with van der Waals surface area (Å²) in [7, 11) is 1.58. The fourth-order valence-electron chi connectivity index (χ4n) is 3.15. The molecule has 2 N–H and O–H groups in total. The van der Waals surface area contributed by atoms with Crippen LogP contribution in [0.1, 0.15) is 19.7 Å². The summed E-state index contributed by atoms with van der Waals surface area (Å²) in [5.74, 6) is 3.32. The Labute approximate surface area is 188 Å². The summed E-state index contributed by atoms with van der Waals surface area (Å²) in [6.45, 7) is 7.74. The molecule has 1 heterocycles. The van der Waals surface area contributed by atoms with Crippen molar-refractivity contribution in [3.05, 3.63) is 60.4 Å². The van der Waals surface area contributed by atoms with Gasteiger partial charge in [-0.2, -0.15) is 0 Å². The van der Waals surface area contributed by atoms with Crippen molar-refractivity contribution in [2.24, 2.45) is 0 Å². The molecule has 1 amide bonds. The standard InChI is InChI=1S/C24H29N5O3/c1-5-29(6-2)23-15-22(25-17(3)26-23)27-18-10-12-19(13-11-18)28-24(30)16-32-21-9-7-8-20(14-21)31-4/h7-15H,5-6,16H2,1-4H3,(H,28,30)(H,25,26,27). The Bertz CT molecular complexity index is 1040. The number of hydrogen-bond acceptors (Lipinski definition) is 7. The van der Waals surface area contributed by atoms with E-state index in [9.17, 15) is 4.79 Å². The van der Waals surface area contributed by atoms with E-state index in [0.29, 0.717) is 23.0 Å². The van der Waals surface area contributed by atoms with Gasteiger partial charge in [-0.05, 0) is 57.2 Å². The second kappa shape index (κ2) is 11.0. The predicted molar refractivity (Wildman–Crippen MR) is 127 cm³/mol. The van der Waals surface area contributed by atoms with Crippen molar-refractivity contribution in [1.82, 2.24) is 9.97 Å². The molecule has 0 saturated heterocycles. The number of hydrogen-bond donors (Lipinski definition) is 2. The monoisotopic (exact) mass is 435 g/mol. The number of methoxy groups -OCH3 is 1. The lowest BCUT2D eigenvalue weighted by atomic mass is 10.2. The van der Waals surface area contributed by atoms with Crippen molar-refractivity contribution >= 4 is 28.9 Å². The molecule has 3 aromatic rings. The molecule has 0 unspecified atom stereocenters. The number of ether oxygens (including phenoxy) is 2. The molecule has 0 radical (unpaired) electrons. The Morgan fingerprint density at radius 2 is 1.66 bits per heavy atom. The van der Waals surface area contributed by atoms with E-state index >= 15 is 0 Å². The first kappa shape index (κ1) is 22.9. The van der Waals surface area contributed by atoms with Crippen molar-refractivity contribution < 1.29 is 14.3 Å². The van der Waals surface area contributed by atoms with E-state index in [1.807, 2.05) is 49.4 Å². The van der Waals surface area contributed by atoms with Gasteiger partial charge in [0.15, 0.2) is 6.61 Å². The first-order valence-electron chi connectivity index (χ1n) is 10.5. The van der Waals surface area contributed by atoms with Gasteiger partial charge in [0.25, 0.3) is 5.91 Å². The quantitative estimate of drug-likeness (QED) is 0.488. The topological polar surface area (TPSA) is 88.6 Å². The van der Waals surface area contributed by atoms with Crippen LogP contribution in [0.15, 0.2) is 54.6 Å². The summed E-state index contributed by atoms with van der Waals surface area (Å²) in [6.07, 6.45) is 0. The molecule has 0 bridgehead atoms. The zero-order chi connectivity index (χ0) is 22.9. The molecular weight excluding hydrogens is 406 g/mol. The number of aryl methyl sites for hydroxylation is 1. The highest BCUT2D eigenvalue weighted by Gasteiger charge is 2.09. The van der Waals surface area contributed by atoms with Gasteiger partial charge in [-0.15, -0.1) is 0 Å². The van der Waals surface area contributed by atoms with Crippen LogP contribution >= 0.6 is 0 Å². The summed E-state index contributed by atoms with van der Waals surface area (Å²) in [4.78, 5) is 23.4. The molecule has 8 nitrogen and oxygen atoms in total. The molecule has 0 atom stereocenters. The summed E-state index contributed by atoms with van der Waals surface area (Å²) in [5.41, 5.74) is 1.54. The lowest BCUT2D eigenvalue weighted by molar-refractivity contribution is -0.118. The number of carbonyl (C=O) groups excluding carboxylic acids is 1. The van der Waals surface area contributed by atoms with Gasteiger partial charge in [-0.25, -0.2) is 9.97 Å². The molecule has 0 spiro atoms. The van der Waals surface area contributed by atoms with E-state index in [0.717, 1.165) is 30.4 Å². The number of nitrogens with one attached hydrogen (secondary N) is 2. The maximum Gasteiger partial charge on any atom is 0.262 e. The van der Waals surface area contributed by atoms with Gasteiger partial charge < -0.3 is 25.0 Å². The Kier molecular flexibility index (Phi) is 7.85. The maximum atomic E-state index is 12.2. The fourth-order valence-corrected chi connectivity index (χ4v) is 3.15. The SMILES string of the molecule is CCN(CC)c1cc(Nc2ccc(NC(=O)COc3cccc(OC)c3)cc2)nc(C)n1. The van der Waals surface area contributed by atoms with Crippen LogP contribution < -0.4 is 25.0 Å². The van der Waals surface area contributed by atoms with E-state index in [4.69, 9.17) is 9.47 Å². The number of anilines is 4. The predicted octanol–water partition coefficient (Wildman–Crippen LogP) is 4.40. The van der Waals surface area contributed by atoms with Crippen LogP contribution in [0.25, 0.3) is 0 Å². The van der Waals surface area contributed by atoms with Gasteiger partial charge in [0.2, 0.25) is 0 Å². The minimum Gasteiger partial charge on any atom is -0.497 e. The molecule has 0 fully saturated rings. The molecule has 32 heavy (non-hydrogen) atoms. The average Bonchev–Trinajstić information content (AvgIpc) is 2.80. The Balaban J connectivity index is 1.57. The third kappa shape index (κ3) is 6.34. The number of amides is 1. The molecule has 8 heteroatoms. The highest BCUT2D eigenvalue weighted by atomic mass is 16.5. The highest BCUT2D eigenvalue weighted by Crippen LogP contribution is 2.22. The zero-order valence-corrected chi connectivity index (χ0v) is 18.9. The number of nitrogens with zero attached hydrogens (tertiary/aromatic N) is 3. The van der Waals surface area contributed by atoms with E-state index in [2.05, 4.69) is 39.3 Å². The smallest absolute Gasteiger partial charge is 0.262 e. The fraction of sp³-hybridized carbons (Fsp3) is 0.292. The number of carbonyl (C=O) groups is 1. The van der Waals surface area contributed by atoms with Gasteiger partial charge in [-0.3, -0.25) is 4.79 Å². The van der Waals surface area contributed by atoms with Gasteiger partial charge in [-0.1, -0.05) is 6.07 Å². The second-order valence-corrected chi connectivity index (χ2v) is 7.05. The van der Waals surface area contributed by atoms with Gasteiger partial charge >= 0.3 is 0 Å². The van der Waals surface area contributed by atoms with Crippen LogP contribution in [0.5, 0.6) is 11.5 Å². The van der Waals surface area contributed by atoms with E-state index < -0.39 is 0 Å². The molecule has 3 rings (SSSR count). The van der Waals surface area contributed by atoms with Crippen molar-refractivity contribution in [3.8, 4) is 11.5 Å². The van der Waals surface area contributed by atoms with E-state index in [1.165, 1.54) is 0 Å². The molecular formula is C24H29N5O3. The van der Waals surface area contributed by atoms with Crippen molar-refractivity contribution in [2.75, 3.05) is 42.3 Å². The summed E-state index contributed by atoms with van der Waals surface area (Å²) in [6, 6.07) is 16.5. The molecule has 0 saturated carbocycles. The number of benzene rings is 2. The van der Waals surface area contributed by atoms with Crippen LogP contribution in [-0.4, -0.2) is 42.7 Å². The van der Waals surface area contributed by atoms with Crippen LogP contribution in [0.3, 0.4) is 0 Å². The van der Waals surface area contributed by atoms with Crippen molar-refractivity contribution in [1.29, 1.82) is 0 Å². The summed E-state index contributed by atoms with van der Waals surface area (Å²) < 4.78 is 10.7. The first-order valence-corrected chi connectivity index (χ1v) is 10.5. The Morgan fingerprint density at radius 1 is 0.969 bits per heavy atom. The van der Waals surface area contributed by atoms with Gasteiger partial charge in [0.1, 0.15) is 29.0 Å². The van der Waals surface area contributed by atoms with Gasteiger partial charge in [0.05, 0.1) is 7.11 Å². The maximum absolute atomic E-state index is 12.2. The largest absolute Gasteiger partial charge is 0.497 e. The van der Waals surface area contributed by atoms with Crippen LogP contribution in [0.2, 0.25) is 0 Å². The van der Waals surface area contributed by atoms with Crippen LogP contribution in [0, 0.1) is 6.92 Å². The van der Waals surface area contributed by atoms with E-state index in [1.54, 1.807) is 19.2 Å². The number of rotatable bonds is 10. The van der Waals surface area contributed by atoms with Gasteiger partial charge in [0, 0.05) is 36.6 Å². The third-order valence-electron chi connectivity index (χ3n) is 4.76. The average molecular weight is 436 g/mol. The molecule has 168 valence electrons. The Hall–Kier alpha value is -3.81. The molecule has 1 aromatic heterocycles. The lowest BCUT2D eigenvalue weighted by Gasteiger charge is -2.20. The minimum atomic E-state index is -0.246. The summed E-state index contributed by atoms with van der Waals surface area (Å²) >= 11 is 0. The Morgan fingerprint density at radius 3 is 2.34 bits per heavy atom. The molecule has 0 aliphatic rings. The third-order valence-corrected chi connectivity index (χ3v) is 4.76. The normalized spacial score (nSPS) is 10.4. The van der Waals surface area contributed by atoms with Crippen LogP contribution in [-0.2, 0) is 4.79 Å². The van der Waals surface area contributed by atoms with E-state index in [-0.39, 0.29) is 12.5 Å². The zero-order valence-electron chi connectivity index (χ0n) is 18.9. The molecule has 2 aromatic carbocycles. The van der Waals surface area contributed by atoms with Crippen molar-refractivity contribution in [2.45, 2.75) is 20.8 Å². The molecule has 0 aliphatic carbocycles. The molecule has 0 aliphatic heterocycles. The number of aromatic nitrogens is 2. The van der Waals surface area contributed by atoms with Crippen molar-refractivity contribution in [3.63, 3.8) is 0 Å². The summed E-state index contributed by atoms with van der Waals surface area (Å²) in [5, 5.41) is 6.12. The van der Waals surface area contributed by atoms with Crippen LogP contribution in [0.4, 0.5) is 23.0 Å². The minimum absolute atomic E-state index is 0.0957. The lowest BCUT2D eigenvalue weighted by Crippen LogP contribution is -2.23.